The van der Waals surface area contributed by atoms with Crippen molar-refractivity contribution in [1.82, 2.24) is 9.97 Å². The van der Waals surface area contributed by atoms with E-state index in [-0.39, 0.29) is 0 Å². The zero-order valence-electron chi connectivity index (χ0n) is 9.62. The molecule has 2 rings (SSSR count). The van der Waals surface area contributed by atoms with Crippen molar-refractivity contribution in [2.45, 2.75) is 13.8 Å². The molecule has 1 heterocycles. The number of aromatic amines is 1. The van der Waals surface area contributed by atoms with E-state index in [0.29, 0.717) is 0 Å². The molecule has 1 aromatic carbocycles. The molecule has 3 nitrogen and oxygen atoms in total. The Morgan fingerprint density at radius 1 is 1.19 bits per heavy atom. The number of imidazole rings is 1. The third-order valence-electron chi connectivity index (χ3n) is 2.35. The molecule has 0 aliphatic carbocycles. The van der Waals surface area contributed by atoms with E-state index in [9.17, 15) is 0 Å². The molecule has 16 heavy (non-hydrogen) atoms. The van der Waals surface area contributed by atoms with E-state index in [2.05, 4.69) is 23.1 Å². The summed E-state index contributed by atoms with van der Waals surface area (Å²) in [6, 6.07) is 7.93. The number of nitrogens with one attached hydrogen (secondary N) is 1. The molecule has 0 amide bonds. The average Bonchev–Trinajstić information content (AvgIpc) is 2.58. The predicted octanol–water partition coefficient (Wildman–Crippen LogP) is 3.44. The molecular weight excluding hydrogens is 198 g/mol. The van der Waals surface area contributed by atoms with Gasteiger partial charge in [-0.25, -0.2) is 4.98 Å². The van der Waals surface area contributed by atoms with E-state index in [0.717, 1.165) is 28.4 Å². The van der Waals surface area contributed by atoms with E-state index in [1.165, 1.54) is 0 Å². The molecule has 0 unspecified atom stereocenters. The lowest BCUT2D eigenvalue weighted by molar-refractivity contribution is 1.02. The fourth-order valence-electron chi connectivity index (χ4n) is 1.73. The second kappa shape index (κ2) is 3.85. The van der Waals surface area contributed by atoms with Crippen LogP contribution in [-0.2, 0) is 0 Å². The minimum atomic E-state index is 0.765. The molecule has 2 aromatic rings. The van der Waals surface area contributed by atoms with E-state index in [1.807, 2.05) is 43.0 Å². The first kappa shape index (κ1) is 10.5. The van der Waals surface area contributed by atoms with Crippen LogP contribution < -0.4 is 4.90 Å². The van der Waals surface area contributed by atoms with Gasteiger partial charge in [0, 0.05) is 11.4 Å². The van der Waals surface area contributed by atoms with Crippen LogP contribution in [0.1, 0.15) is 13.8 Å². The van der Waals surface area contributed by atoms with Crippen molar-refractivity contribution in [3.8, 4) is 0 Å². The van der Waals surface area contributed by atoms with Crippen molar-refractivity contribution in [2.75, 3.05) is 4.90 Å². The van der Waals surface area contributed by atoms with Crippen LogP contribution in [0.4, 0.5) is 5.95 Å². The standard InChI is InChI=1S/C13H15N3/c1-9(2)16(10(3)4)13-14-11-7-5-6-8-12(11)15-13/h5-8H,1,3H2,2,4H3,(H,14,15). The summed E-state index contributed by atoms with van der Waals surface area (Å²) in [5, 5.41) is 0. The summed E-state index contributed by atoms with van der Waals surface area (Å²) >= 11 is 0. The Morgan fingerprint density at radius 2 is 1.81 bits per heavy atom. The Balaban J connectivity index is 2.53. The topological polar surface area (TPSA) is 31.9 Å². The number of benzene rings is 1. The van der Waals surface area contributed by atoms with Gasteiger partial charge in [0.2, 0.25) is 5.95 Å². The fourth-order valence-corrected chi connectivity index (χ4v) is 1.73. The molecule has 0 aliphatic rings. The molecule has 3 heteroatoms. The van der Waals surface area contributed by atoms with Crippen molar-refractivity contribution >= 4 is 17.0 Å². The number of hydrogen-bond donors (Lipinski definition) is 1. The lowest BCUT2D eigenvalue weighted by Crippen LogP contribution is -2.18. The molecule has 0 radical (unpaired) electrons. The monoisotopic (exact) mass is 213 g/mol. The van der Waals surface area contributed by atoms with Gasteiger partial charge in [0.05, 0.1) is 11.0 Å². The predicted molar refractivity (Wildman–Crippen MR) is 68.2 cm³/mol. The Hall–Kier alpha value is -2.03. The molecule has 1 N–H and O–H groups in total. The molecule has 0 saturated heterocycles. The number of H-pyrrole nitrogens is 1. The minimum Gasteiger partial charge on any atom is -0.323 e. The summed E-state index contributed by atoms with van der Waals surface area (Å²) in [4.78, 5) is 9.66. The van der Waals surface area contributed by atoms with E-state index < -0.39 is 0 Å². The highest BCUT2D eigenvalue weighted by Gasteiger charge is 2.12. The van der Waals surface area contributed by atoms with Crippen LogP contribution in [-0.4, -0.2) is 9.97 Å². The highest BCUT2D eigenvalue weighted by atomic mass is 15.3. The Labute approximate surface area is 95.1 Å². The maximum Gasteiger partial charge on any atom is 0.212 e. The summed E-state index contributed by atoms with van der Waals surface area (Å²) < 4.78 is 0. The second-order valence-electron chi connectivity index (χ2n) is 3.88. The highest BCUT2D eigenvalue weighted by Crippen LogP contribution is 2.22. The normalized spacial score (nSPS) is 10.4. The number of para-hydroxylation sites is 2. The van der Waals surface area contributed by atoms with Crippen molar-refractivity contribution < 1.29 is 0 Å². The molecular formula is C13H15N3. The molecule has 0 atom stereocenters. The average molecular weight is 213 g/mol. The zero-order chi connectivity index (χ0) is 11.7. The molecule has 0 fully saturated rings. The zero-order valence-corrected chi connectivity index (χ0v) is 9.62. The number of aromatic nitrogens is 2. The Morgan fingerprint density at radius 3 is 2.38 bits per heavy atom. The van der Waals surface area contributed by atoms with Crippen LogP contribution in [0.2, 0.25) is 0 Å². The van der Waals surface area contributed by atoms with Gasteiger partial charge in [0.15, 0.2) is 0 Å². The second-order valence-corrected chi connectivity index (χ2v) is 3.88. The molecule has 82 valence electrons. The Bertz CT molecular complexity index is 504. The van der Waals surface area contributed by atoms with Crippen LogP contribution in [0, 0.1) is 0 Å². The largest absolute Gasteiger partial charge is 0.323 e. The van der Waals surface area contributed by atoms with Gasteiger partial charge < -0.3 is 4.98 Å². The van der Waals surface area contributed by atoms with Crippen LogP contribution in [0.3, 0.4) is 0 Å². The van der Waals surface area contributed by atoms with Gasteiger partial charge in [-0.2, -0.15) is 0 Å². The van der Waals surface area contributed by atoms with Gasteiger partial charge in [0.1, 0.15) is 0 Å². The number of nitrogens with zero attached hydrogens (tertiary/aromatic N) is 2. The van der Waals surface area contributed by atoms with Gasteiger partial charge in [-0.05, 0) is 26.0 Å². The summed E-state index contributed by atoms with van der Waals surface area (Å²) in [7, 11) is 0. The fraction of sp³-hybridized carbons (Fsp3) is 0.154. The maximum atomic E-state index is 4.50. The molecule has 0 spiro atoms. The number of rotatable bonds is 3. The first-order valence-corrected chi connectivity index (χ1v) is 5.15. The van der Waals surface area contributed by atoms with E-state index >= 15 is 0 Å². The summed E-state index contributed by atoms with van der Waals surface area (Å²) in [5.74, 6) is 0.765. The molecule has 0 bridgehead atoms. The van der Waals surface area contributed by atoms with Crippen LogP contribution in [0.15, 0.2) is 48.8 Å². The highest BCUT2D eigenvalue weighted by molar-refractivity contribution is 5.78. The molecule has 1 aromatic heterocycles. The van der Waals surface area contributed by atoms with Gasteiger partial charge in [-0.15, -0.1) is 0 Å². The number of allylic oxidation sites excluding steroid dienone is 2. The van der Waals surface area contributed by atoms with E-state index in [4.69, 9.17) is 0 Å². The van der Waals surface area contributed by atoms with Gasteiger partial charge >= 0.3 is 0 Å². The molecule has 0 saturated carbocycles. The Kier molecular flexibility index (Phi) is 2.52. The van der Waals surface area contributed by atoms with Gasteiger partial charge in [0.25, 0.3) is 0 Å². The lowest BCUT2D eigenvalue weighted by Gasteiger charge is -2.21. The smallest absolute Gasteiger partial charge is 0.212 e. The molecule has 0 aliphatic heterocycles. The first-order valence-electron chi connectivity index (χ1n) is 5.15. The summed E-state index contributed by atoms with van der Waals surface area (Å²) in [6.45, 7) is 11.7. The quantitative estimate of drug-likeness (QED) is 0.847. The number of fused-ring (bicyclic) bond motifs is 1. The lowest BCUT2D eigenvalue weighted by atomic mass is 10.3. The van der Waals surface area contributed by atoms with Gasteiger partial charge in [-0.1, -0.05) is 25.3 Å². The maximum absolute atomic E-state index is 4.50. The minimum absolute atomic E-state index is 0.765. The van der Waals surface area contributed by atoms with E-state index in [1.54, 1.807) is 0 Å². The summed E-state index contributed by atoms with van der Waals surface area (Å²) in [6.07, 6.45) is 0. The van der Waals surface area contributed by atoms with Crippen LogP contribution in [0.5, 0.6) is 0 Å². The number of hydrogen-bond acceptors (Lipinski definition) is 2. The van der Waals surface area contributed by atoms with Crippen LogP contribution >= 0.6 is 0 Å². The van der Waals surface area contributed by atoms with Gasteiger partial charge in [-0.3, -0.25) is 4.90 Å². The third-order valence-corrected chi connectivity index (χ3v) is 2.35. The summed E-state index contributed by atoms with van der Waals surface area (Å²) in [5.41, 5.74) is 3.76. The van der Waals surface area contributed by atoms with Crippen LogP contribution in [0.25, 0.3) is 11.0 Å². The van der Waals surface area contributed by atoms with Crippen molar-refractivity contribution in [3.63, 3.8) is 0 Å². The third kappa shape index (κ3) is 1.72. The van der Waals surface area contributed by atoms with Crippen molar-refractivity contribution in [3.05, 3.63) is 48.8 Å². The number of anilines is 1. The first-order chi connectivity index (χ1) is 7.59. The van der Waals surface area contributed by atoms with Crippen molar-refractivity contribution in [2.24, 2.45) is 0 Å². The van der Waals surface area contributed by atoms with Crippen molar-refractivity contribution in [1.29, 1.82) is 0 Å². The SMILES string of the molecule is C=C(C)N(C(=C)C)c1nc2ccccc2[nH]1.